The molecule has 1 fully saturated rings. The highest BCUT2D eigenvalue weighted by Gasteiger charge is 2.41. The first kappa shape index (κ1) is 50.9. The van der Waals surface area contributed by atoms with Crippen molar-refractivity contribution < 1.29 is 73.5 Å². The summed E-state index contributed by atoms with van der Waals surface area (Å²) in [4.78, 5) is 129. The van der Waals surface area contributed by atoms with Gasteiger partial charge in [0.15, 0.2) is 0 Å². The van der Waals surface area contributed by atoms with Gasteiger partial charge in [0.1, 0.15) is 48.3 Å². The number of aliphatic carboxylic acids is 3. The lowest BCUT2D eigenvalue weighted by molar-refractivity contribution is -0.144. The van der Waals surface area contributed by atoms with Crippen LogP contribution >= 0.6 is 0 Å². The van der Waals surface area contributed by atoms with Crippen LogP contribution in [0, 0.1) is 5.92 Å². The van der Waals surface area contributed by atoms with Crippen molar-refractivity contribution in [2.75, 3.05) is 13.2 Å². The molecule has 7 amide bonds. The Hall–Kier alpha value is -6.20. The monoisotopic (exact) mass is 864 g/mol. The van der Waals surface area contributed by atoms with Gasteiger partial charge < -0.3 is 68.1 Å². The predicted octanol–water partition coefficient (Wildman–Crippen LogP) is -4.07. The standard InChI is InChI=1S/C38H56N8O15/c1-5-18(2)30(45-34(56)26-12-9-13-46(26)37(59)24(14-21-10-7-6-8-11-21)43-35(57)29(39)20(4)48)36(58)42-22(15-27(49)50)32(54)40-19(3)31(53)41-23(16-28(51)52)33(55)44-25(17-47)38(60)61/h6-8,10-11,18-20,22-26,29-30,47-48H,5,9,12-17,39H2,1-4H3,(H,40,54)(H,41,53)(H,42,58)(H,43,57)(H,44,55)(H,45,56)(H,49,50)(H,51,52)(H,60,61)/t18-,19-,20+,22-,23-,24-,25-,26-,29-,30-/m0/s1. The van der Waals surface area contributed by atoms with Crippen molar-refractivity contribution in [1.29, 1.82) is 0 Å². The summed E-state index contributed by atoms with van der Waals surface area (Å²) in [5, 5.41) is 60.5. The first-order valence-corrected chi connectivity index (χ1v) is 19.5. The molecule has 23 heteroatoms. The highest BCUT2D eigenvalue weighted by molar-refractivity contribution is 5.99. The van der Waals surface area contributed by atoms with Gasteiger partial charge in [-0.15, -0.1) is 0 Å². The lowest BCUT2D eigenvalue weighted by atomic mass is 9.97. The van der Waals surface area contributed by atoms with E-state index in [1.54, 1.807) is 44.2 Å². The fourth-order valence-corrected chi connectivity index (χ4v) is 6.15. The Morgan fingerprint density at radius 2 is 1.25 bits per heavy atom. The van der Waals surface area contributed by atoms with E-state index in [0.29, 0.717) is 18.4 Å². The van der Waals surface area contributed by atoms with E-state index in [-0.39, 0.29) is 19.4 Å². The van der Waals surface area contributed by atoms with Gasteiger partial charge in [-0.25, -0.2) is 4.79 Å². The molecule has 0 unspecified atom stereocenters. The Balaban J connectivity index is 2.26. The number of likely N-dealkylation sites (tertiary alicyclic amines) is 1. The number of amides is 7. The molecule has 0 bridgehead atoms. The van der Waals surface area contributed by atoms with Crippen molar-refractivity contribution in [3.05, 3.63) is 35.9 Å². The summed E-state index contributed by atoms with van der Waals surface area (Å²) >= 11 is 0. The van der Waals surface area contributed by atoms with Crippen LogP contribution in [0.15, 0.2) is 30.3 Å². The topological polar surface area (TPSA) is 373 Å². The number of nitrogens with one attached hydrogen (secondary N) is 6. The molecule has 23 nitrogen and oxygen atoms in total. The summed E-state index contributed by atoms with van der Waals surface area (Å²) in [6, 6.07) is -3.49. The number of rotatable bonds is 24. The highest BCUT2D eigenvalue weighted by Crippen LogP contribution is 2.21. The van der Waals surface area contributed by atoms with Crippen LogP contribution in [0.3, 0.4) is 0 Å². The number of benzene rings is 1. The average molecular weight is 865 g/mol. The summed E-state index contributed by atoms with van der Waals surface area (Å²) in [6.45, 7) is 4.75. The predicted molar refractivity (Wildman–Crippen MR) is 210 cm³/mol. The quantitative estimate of drug-likeness (QED) is 0.0470. The first-order chi connectivity index (χ1) is 28.6. The van der Waals surface area contributed by atoms with Crippen molar-refractivity contribution in [3.8, 4) is 0 Å². The third-order valence-corrected chi connectivity index (χ3v) is 9.92. The Labute approximate surface area is 350 Å². The number of aliphatic hydroxyl groups excluding tert-OH is 2. The second-order valence-corrected chi connectivity index (χ2v) is 14.7. The molecule has 1 aromatic rings. The van der Waals surface area contributed by atoms with Gasteiger partial charge in [0.2, 0.25) is 41.4 Å². The summed E-state index contributed by atoms with van der Waals surface area (Å²) in [5.41, 5.74) is 6.50. The van der Waals surface area contributed by atoms with Gasteiger partial charge in [0.25, 0.3) is 0 Å². The molecule has 0 spiro atoms. The van der Waals surface area contributed by atoms with E-state index in [9.17, 15) is 68.4 Å². The Kier molecular flexibility index (Phi) is 20.2. The van der Waals surface area contributed by atoms with Crippen molar-refractivity contribution in [2.45, 2.75) is 121 Å². The van der Waals surface area contributed by atoms with E-state index < -0.39 is 139 Å². The van der Waals surface area contributed by atoms with E-state index in [2.05, 4.69) is 21.3 Å². The number of nitrogens with zero attached hydrogens (tertiary/aromatic N) is 1. The maximum absolute atomic E-state index is 14.0. The molecule has 1 aliphatic heterocycles. The molecule has 0 saturated carbocycles. The lowest BCUT2D eigenvalue weighted by Gasteiger charge is -2.32. The minimum absolute atomic E-state index is 0.0179. The van der Waals surface area contributed by atoms with Crippen LogP contribution in [-0.2, 0) is 54.4 Å². The minimum Gasteiger partial charge on any atom is -0.481 e. The third-order valence-electron chi connectivity index (χ3n) is 9.92. The van der Waals surface area contributed by atoms with Gasteiger partial charge in [-0.05, 0) is 38.2 Å². The van der Waals surface area contributed by atoms with Crippen molar-refractivity contribution >= 4 is 59.3 Å². The molecule has 1 heterocycles. The van der Waals surface area contributed by atoms with Gasteiger partial charge in [-0.3, -0.25) is 43.2 Å². The second-order valence-electron chi connectivity index (χ2n) is 14.7. The molecule has 1 aromatic carbocycles. The first-order valence-electron chi connectivity index (χ1n) is 19.5. The van der Waals surface area contributed by atoms with Crippen LogP contribution in [0.1, 0.15) is 65.4 Å². The number of nitrogens with two attached hydrogens (primary N) is 1. The van der Waals surface area contributed by atoms with Gasteiger partial charge >= 0.3 is 17.9 Å². The highest BCUT2D eigenvalue weighted by atomic mass is 16.4. The number of aliphatic hydroxyl groups is 2. The number of carbonyl (C=O) groups excluding carboxylic acids is 7. The van der Waals surface area contributed by atoms with Crippen LogP contribution in [0.25, 0.3) is 0 Å². The Morgan fingerprint density at radius 1 is 0.721 bits per heavy atom. The van der Waals surface area contributed by atoms with Crippen LogP contribution in [0.2, 0.25) is 0 Å². The molecule has 13 N–H and O–H groups in total. The van der Waals surface area contributed by atoms with E-state index in [1.165, 1.54) is 11.8 Å². The molecule has 10 atom stereocenters. The number of carboxylic acid groups (broad SMARTS) is 3. The maximum atomic E-state index is 14.0. The third kappa shape index (κ3) is 15.7. The molecule has 1 saturated heterocycles. The fourth-order valence-electron chi connectivity index (χ4n) is 6.15. The number of hydrogen-bond donors (Lipinski definition) is 12. The second kappa shape index (κ2) is 24.2. The molecule has 0 aliphatic carbocycles. The largest absolute Gasteiger partial charge is 0.481 e. The molecule has 61 heavy (non-hydrogen) atoms. The van der Waals surface area contributed by atoms with E-state index in [1.807, 2.05) is 10.6 Å². The van der Waals surface area contributed by atoms with Crippen LogP contribution in [0.4, 0.5) is 0 Å². The fraction of sp³-hybridized carbons (Fsp3) is 0.579. The van der Waals surface area contributed by atoms with E-state index in [0.717, 1.165) is 6.92 Å². The zero-order chi connectivity index (χ0) is 46.1. The smallest absolute Gasteiger partial charge is 0.328 e. The van der Waals surface area contributed by atoms with Crippen molar-refractivity contribution in [3.63, 3.8) is 0 Å². The van der Waals surface area contributed by atoms with Gasteiger partial charge in [0.05, 0.1) is 25.6 Å². The van der Waals surface area contributed by atoms with Crippen LogP contribution in [0.5, 0.6) is 0 Å². The normalized spacial score (nSPS) is 18.0. The van der Waals surface area contributed by atoms with Crippen LogP contribution in [-0.4, -0.2) is 157 Å². The molecule has 0 radical (unpaired) electrons. The zero-order valence-corrected chi connectivity index (χ0v) is 34.2. The SMILES string of the molecule is CC[C@H](C)[C@H](NC(=O)[C@@H]1CCCN1C(=O)[C@H](Cc1ccccc1)NC(=O)[C@@H](N)[C@@H](C)O)C(=O)N[C@@H](CC(=O)O)C(=O)N[C@@H](C)C(=O)N[C@@H](CC(=O)O)C(=O)N[C@@H](CO)C(=O)O. The van der Waals surface area contributed by atoms with Crippen molar-refractivity contribution in [2.24, 2.45) is 11.7 Å². The summed E-state index contributed by atoms with van der Waals surface area (Å²) < 4.78 is 0. The molecule has 1 aliphatic rings. The van der Waals surface area contributed by atoms with Gasteiger partial charge in [-0.2, -0.15) is 0 Å². The Morgan fingerprint density at radius 3 is 1.75 bits per heavy atom. The Bertz CT molecular complexity index is 1760. The van der Waals surface area contributed by atoms with Gasteiger partial charge in [-0.1, -0.05) is 50.6 Å². The molecular formula is C38H56N8O15. The summed E-state index contributed by atoms with van der Waals surface area (Å²) in [7, 11) is 0. The summed E-state index contributed by atoms with van der Waals surface area (Å²) in [5.74, 6) is -12.2. The minimum atomic E-state index is -1.87. The number of carboxylic acids is 3. The molecule has 0 aromatic heterocycles. The van der Waals surface area contributed by atoms with E-state index in [4.69, 9.17) is 10.8 Å². The van der Waals surface area contributed by atoms with E-state index >= 15 is 0 Å². The average Bonchev–Trinajstić information content (AvgIpc) is 3.70. The molecule has 338 valence electrons. The number of carbonyl (C=O) groups is 10. The molecule has 2 rings (SSSR count). The zero-order valence-electron chi connectivity index (χ0n) is 34.2. The van der Waals surface area contributed by atoms with Crippen molar-refractivity contribution in [1.82, 2.24) is 36.8 Å². The van der Waals surface area contributed by atoms with Gasteiger partial charge in [0, 0.05) is 13.0 Å². The lowest BCUT2D eigenvalue weighted by Crippen LogP contribution is -2.61. The summed E-state index contributed by atoms with van der Waals surface area (Å²) in [6.07, 6.45) is -2.41. The maximum Gasteiger partial charge on any atom is 0.328 e. The van der Waals surface area contributed by atoms with Crippen LogP contribution < -0.4 is 37.6 Å². The molecular weight excluding hydrogens is 808 g/mol. The number of hydrogen-bond acceptors (Lipinski definition) is 13.